The molecule has 0 aliphatic heterocycles. The molecule has 0 spiro atoms. The van der Waals surface area contributed by atoms with Crippen molar-refractivity contribution in [2.24, 2.45) is 0 Å². The molecule has 0 atom stereocenters. The summed E-state index contributed by atoms with van der Waals surface area (Å²) < 4.78 is 1.71. The van der Waals surface area contributed by atoms with Gasteiger partial charge in [-0.05, 0) is 25.1 Å². The lowest BCUT2D eigenvalue weighted by Gasteiger charge is -2.03. The van der Waals surface area contributed by atoms with Crippen molar-refractivity contribution in [3.05, 3.63) is 64.3 Å². The molecular weight excluding hydrogens is 242 g/mol. The Morgan fingerprint density at radius 3 is 2.58 bits per heavy atom. The van der Waals surface area contributed by atoms with Gasteiger partial charge in [0.25, 0.3) is 5.69 Å². The second kappa shape index (κ2) is 4.20. The van der Waals surface area contributed by atoms with E-state index < -0.39 is 4.92 Å². The van der Waals surface area contributed by atoms with E-state index in [1.54, 1.807) is 23.0 Å². The van der Waals surface area contributed by atoms with Gasteiger partial charge in [0.05, 0.1) is 22.3 Å². The molecule has 0 saturated carbocycles. The van der Waals surface area contributed by atoms with E-state index >= 15 is 0 Å². The van der Waals surface area contributed by atoms with E-state index in [9.17, 15) is 10.1 Å². The second-order valence-corrected chi connectivity index (χ2v) is 4.39. The standard InChI is InChI=1S/C14H11N3O2/c1-10-2-5-12(6-3-10)16-14-8-13(17(18)19)7-4-11(14)9-15-16/h2-9H,1H3. The predicted octanol–water partition coefficient (Wildman–Crippen LogP) is 3.24. The number of benzene rings is 2. The van der Waals surface area contributed by atoms with Crippen LogP contribution >= 0.6 is 0 Å². The van der Waals surface area contributed by atoms with E-state index in [0.29, 0.717) is 0 Å². The van der Waals surface area contributed by atoms with Gasteiger partial charge in [0.1, 0.15) is 0 Å². The van der Waals surface area contributed by atoms with E-state index in [1.807, 2.05) is 31.2 Å². The molecule has 0 N–H and O–H groups in total. The van der Waals surface area contributed by atoms with Crippen LogP contribution < -0.4 is 0 Å². The van der Waals surface area contributed by atoms with Crippen LogP contribution in [0.1, 0.15) is 5.56 Å². The Morgan fingerprint density at radius 1 is 1.16 bits per heavy atom. The normalized spacial score (nSPS) is 10.8. The minimum atomic E-state index is -0.397. The van der Waals surface area contributed by atoms with Crippen LogP contribution in [0.5, 0.6) is 0 Å². The highest BCUT2D eigenvalue weighted by Gasteiger charge is 2.10. The Labute approximate surface area is 109 Å². The summed E-state index contributed by atoms with van der Waals surface area (Å²) in [7, 11) is 0. The molecule has 19 heavy (non-hydrogen) atoms. The zero-order chi connectivity index (χ0) is 13.4. The highest BCUT2D eigenvalue weighted by atomic mass is 16.6. The lowest BCUT2D eigenvalue weighted by Crippen LogP contribution is -1.96. The van der Waals surface area contributed by atoms with Crippen molar-refractivity contribution in [3.63, 3.8) is 0 Å². The van der Waals surface area contributed by atoms with Gasteiger partial charge in [-0.2, -0.15) is 5.10 Å². The lowest BCUT2D eigenvalue weighted by atomic mass is 10.2. The minimum absolute atomic E-state index is 0.0707. The first-order valence-electron chi connectivity index (χ1n) is 5.84. The maximum Gasteiger partial charge on any atom is 0.271 e. The largest absolute Gasteiger partial charge is 0.271 e. The Morgan fingerprint density at radius 2 is 1.89 bits per heavy atom. The number of aromatic nitrogens is 2. The van der Waals surface area contributed by atoms with Crippen LogP contribution in [0.2, 0.25) is 0 Å². The van der Waals surface area contributed by atoms with Gasteiger partial charge in [-0.1, -0.05) is 17.7 Å². The van der Waals surface area contributed by atoms with Crippen LogP contribution in [0, 0.1) is 17.0 Å². The average Bonchev–Trinajstić information content (AvgIpc) is 2.82. The number of nitrogens with zero attached hydrogens (tertiary/aromatic N) is 3. The van der Waals surface area contributed by atoms with Gasteiger partial charge < -0.3 is 0 Å². The highest BCUT2D eigenvalue weighted by Crippen LogP contribution is 2.23. The van der Waals surface area contributed by atoms with Gasteiger partial charge in [-0.25, -0.2) is 4.68 Å². The maximum atomic E-state index is 10.8. The van der Waals surface area contributed by atoms with E-state index in [0.717, 1.165) is 22.2 Å². The molecule has 3 aromatic rings. The van der Waals surface area contributed by atoms with Crippen molar-refractivity contribution in [1.29, 1.82) is 0 Å². The highest BCUT2D eigenvalue weighted by molar-refractivity contribution is 5.82. The van der Waals surface area contributed by atoms with Gasteiger partial charge in [0.15, 0.2) is 0 Å². The van der Waals surface area contributed by atoms with Crippen LogP contribution in [0.25, 0.3) is 16.6 Å². The summed E-state index contributed by atoms with van der Waals surface area (Å²) >= 11 is 0. The van der Waals surface area contributed by atoms with Crippen molar-refractivity contribution >= 4 is 16.6 Å². The molecule has 0 aliphatic carbocycles. The molecule has 5 heteroatoms. The number of rotatable bonds is 2. The zero-order valence-electron chi connectivity index (χ0n) is 10.3. The summed E-state index contributed by atoms with van der Waals surface area (Å²) in [6.07, 6.45) is 1.71. The first-order chi connectivity index (χ1) is 9.15. The fraction of sp³-hybridized carbons (Fsp3) is 0.0714. The van der Waals surface area contributed by atoms with Gasteiger partial charge in [0, 0.05) is 17.5 Å². The maximum absolute atomic E-state index is 10.8. The first-order valence-corrected chi connectivity index (χ1v) is 5.84. The topological polar surface area (TPSA) is 61.0 Å². The first kappa shape index (κ1) is 11.4. The Balaban J connectivity index is 2.21. The molecule has 0 fully saturated rings. The number of nitro groups is 1. The summed E-state index contributed by atoms with van der Waals surface area (Å²) in [5, 5.41) is 16.0. The SMILES string of the molecule is Cc1ccc(-n2ncc3ccc([N+](=O)[O-])cc32)cc1. The molecule has 0 radical (unpaired) electrons. The second-order valence-electron chi connectivity index (χ2n) is 4.39. The van der Waals surface area contributed by atoms with Crippen molar-refractivity contribution in [2.75, 3.05) is 0 Å². The van der Waals surface area contributed by atoms with Crippen LogP contribution in [-0.2, 0) is 0 Å². The van der Waals surface area contributed by atoms with Crippen LogP contribution in [-0.4, -0.2) is 14.7 Å². The molecule has 5 nitrogen and oxygen atoms in total. The number of hydrogen-bond donors (Lipinski definition) is 0. The third-order valence-electron chi connectivity index (χ3n) is 3.04. The number of hydrogen-bond acceptors (Lipinski definition) is 3. The molecule has 0 amide bonds. The summed E-state index contributed by atoms with van der Waals surface area (Å²) in [5.74, 6) is 0. The van der Waals surface area contributed by atoms with E-state index in [2.05, 4.69) is 5.10 Å². The van der Waals surface area contributed by atoms with Crippen LogP contribution in [0.4, 0.5) is 5.69 Å². The number of aryl methyl sites for hydroxylation is 1. The van der Waals surface area contributed by atoms with Gasteiger partial charge >= 0.3 is 0 Å². The number of fused-ring (bicyclic) bond motifs is 1. The molecule has 1 heterocycles. The molecule has 0 aliphatic rings. The lowest BCUT2D eigenvalue weighted by molar-refractivity contribution is -0.384. The van der Waals surface area contributed by atoms with E-state index in [-0.39, 0.29) is 5.69 Å². The summed E-state index contributed by atoms with van der Waals surface area (Å²) in [6.45, 7) is 2.01. The van der Waals surface area contributed by atoms with Crippen molar-refractivity contribution in [3.8, 4) is 5.69 Å². The van der Waals surface area contributed by atoms with Crippen molar-refractivity contribution in [1.82, 2.24) is 9.78 Å². The van der Waals surface area contributed by atoms with Crippen LogP contribution in [0.3, 0.4) is 0 Å². The summed E-state index contributed by atoms with van der Waals surface area (Å²) in [4.78, 5) is 10.4. The van der Waals surface area contributed by atoms with Gasteiger partial charge in [-0.3, -0.25) is 10.1 Å². The average molecular weight is 253 g/mol. The molecule has 1 aromatic heterocycles. The Kier molecular flexibility index (Phi) is 2.52. The van der Waals surface area contributed by atoms with Gasteiger partial charge in [0.2, 0.25) is 0 Å². The third-order valence-corrected chi connectivity index (χ3v) is 3.04. The molecule has 3 rings (SSSR count). The number of non-ortho nitro benzene ring substituents is 1. The Bertz CT molecular complexity index is 760. The molecule has 94 valence electrons. The minimum Gasteiger partial charge on any atom is -0.258 e. The predicted molar refractivity (Wildman–Crippen MR) is 72.5 cm³/mol. The summed E-state index contributed by atoms with van der Waals surface area (Å²) in [6, 6.07) is 12.6. The smallest absolute Gasteiger partial charge is 0.258 e. The molecule has 0 bridgehead atoms. The third kappa shape index (κ3) is 1.95. The monoisotopic (exact) mass is 253 g/mol. The zero-order valence-corrected chi connectivity index (χ0v) is 10.3. The van der Waals surface area contributed by atoms with Crippen molar-refractivity contribution < 1.29 is 4.92 Å². The van der Waals surface area contributed by atoms with E-state index in [1.165, 1.54) is 6.07 Å². The fourth-order valence-electron chi connectivity index (χ4n) is 2.01. The molecule has 0 saturated heterocycles. The summed E-state index contributed by atoms with van der Waals surface area (Å²) in [5.41, 5.74) is 2.85. The quantitative estimate of drug-likeness (QED) is 0.520. The number of nitro benzene ring substituents is 1. The van der Waals surface area contributed by atoms with Gasteiger partial charge in [-0.15, -0.1) is 0 Å². The Hall–Kier alpha value is -2.69. The molecule has 2 aromatic carbocycles. The molecule has 0 unspecified atom stereocenters. The molecular formula is C14H11N3O2. The van der Waals surface area contributed by atoms with E-state index in [4.69, 9.17) is 0 Å². The van der Waals surface area contributed by atoms with Crippen molar-refractivity contribution in [2.45, 2.75) is 6.92 Å². The fourth-order valence-corrected chi connectivity index (χ4v) is 2.01. The van der Waals surface area contributed by atoms with Crippen LogP contribution in [0.15, 0.2) is 48.7 Å².